The maximum Gasteiger partial charge on any atom is 0.217 e. The molecule has 1 rings (SSSR count). The number of hydrogen-bond donors (Lipinski definition) is 3. The smallest absolute Gasteiger partial charge is 0.217 e. The number of carbonyl (C=O) groups excluding carboxylic acids is 1. The van der Waals surface area contributed by atoms with Gasteiger partial charge in [0.05, 0.1) is 12.1 Å². The largest absolute Gasteiger partial charge is 0.388 e. The van der Waals surface area contributed by atoms with Crippen LogP contribution < -0.4 is 5.32 Å². The first-order valence-electron chi connectivity index (χ1n) is 4.79. The van der Waals surface area contributed by atoms with Crippen LogP contribution >= 0.6 is 0 Å². The second-order valence-corrected chi connectivity index (χ2v) is 3.65. The van der Waals surface area contributed by atoms with Gasteiger partial charge in [-0.1, -0.05) is 0 Å². The van der Waals surface area contributed by atoms with Crippen molar-refractivity contribution < 1.29 is 24.5 Å². The van der Waals surface area contributed by atoms with Gasteiger partial charge in [0.1, 0.15) is 12.2 Å². The Morgan fingerprint density at radius 1 is 1.40 bits per heavy atom. The number of aliphatic hydroxyl groups excluding tert-OH is 2. The van der Waals surface area contributed by atoms with Gasteiger partial charge in [0.2, 0.25) is 5.91 Å². The van der Waals surface area contributed by atoms with E-state index in [0.717, 1.165) is 0 Å². The van der Waals surface area contributed by atoms with Crippen molar-refractivity contribution in [3.8, 4) is 0 Å². The predicted molar refractivity (Wildman–Crippen MR) is 51.0 cm³/mol. The molecule has 5 atom stereocenters. The Morgan fingerprint density at radius 2 is 2.00 bits per heavy atom. The van der Waals surface area contributed by atoms with Gasteiger partial charge < -0.3 is 25.0 Å². The third-order valence-electron chi connectivity index (χ3n) is 2.45. The minimum Gasteiger partial charge on any atom is -0.388 e. The van der Waals surface area contributed by atoms with E-state index in [9.17, 15) is 15.0 Å². The molecule has 1 aliphatic rings. The van der Waals surface area contributed by atoms with Crippen LogP contribution in [0.4, 0.5) is 0 Å². The summed E-state index contributed by atoms with van der Waals surface area (Å²) in [5, 5.41) is 21.9. The lowest BCUT2D eigenvalue weighted by molar-refractivity contribution is -0.261. The van der Waals surface area contributed by atoms with E-state index in [1.165, 1.54) is 14.0 Å². The van der Waals surface area contributed by atoms with Crippen LogP contribution in [-0.4, -0.2) is 53.9 Å². The second kappa shape index (κ2) is 4.89. The number of hydrogen-bond acceptors (Lipinski definition) is 5. The highest BCUT2D eigenvalue weighted by molar-refractivity contribution is 5.73. The van der Waals surface area contributed by atoms with Crippen molar-refractivity contribution in [2.45, 2.75) is 44.5 Å². The van der Waals surface area contributed by atoms with E-state index >= 15 is 0 Å². The first-order chi connectivity index (χ1) is 6.97. The van der Waals surface area contributed by atoms with Crippen LogP contribution in [-0.2, 0) is 14.3 Å². The summed E-state index contributed by atoms with van der Waals surface area (Å²) in [6.45, 7) is 2.97. The highest BCUT2D eigenvalue weighted by Crippen LogP contribution is 2.21. The molecule has 0 aromatic heterocycles. The average Bonchev–Trinajstić information content (AvgIpc) is 2.18. The Kier molecular flexibility index (Phi) is 4.04. The number of carbonyl (C=O) groups is 1. The molecule has 0 radical (unpaired) electrons. The molecule has 1 fully saturated rings. The van der Waals surface area contributed by atoms with Crippen LogP contribution in [0.3, 0.4) is 0 Å². The van der Waals surface area contributed by atoms with Crippen molar-refractivity contribution in [1.82, 2.24) is 5.32 Å². The molecule has 1 saturated heterocycles. The molecule has 6 nitrogen and oxygen atoms in total. The summed E-state index contributed by atoms with van der Waals surface area (Å²) >= 11 is 0. The monoisotopic (exact) mass is 219 g/mol. The molecular formula is C9H17NO5. The van der Waals surface area contributed by atoms with Crippen LogP contribution in [0.15, 0.2) is 0 Å². The molecule has 0 saturated carbocycles. The number of ether oxygens (including phenoxy) is 2. The number of nitrogens with one attached hydrogen (secondary N) is 1. The summed E-state index contributed by atoms with van der Waals surface area (Å²) in [5.41, 5.74) is 0. The summed E-state index contributed by atoms with van der Waals surface area (Å²) in [7, 11) is 1.39. The van der Waals surface area contributed by atoms with Gasteiger partial charge in [-0.05, 0) is 6.92 Å². The highest BCUT2D eigenvalue weighted by atomic mass is 16.7. The number of rotatable bonds is 2. The van der Waals surface area contributed by atoms with Crippen molar-refractivity contribution in [1.29, 1.82) is 0 Å². The van der Waals surface area contributed by atoms with Crippen molar-refractivity contribution >= 4 is 5.91 Å². The van der Waals surface area contributed by atoms with Crippen LogP contribution in [0.25, 0.3) is 0 Å². The Labute approximate surface area is 88.2 Å². The van der Waals surface area contributed by atoms with Gasteiger partial charge in [0.15, 0.2) is 6.29 Å². The lowest BCUT2D eigenvalue weighted by atomic mass is 9.97. The third-order valence-corrected chi connectivity index (χ3v) is 2.45. The van der Waals surface area contributed by atoms with E-state index in [-0.39, 0.29) is 5.91 Å². The van der Waals surface area contributed by atoms with Crippen molar-refractivity contribution in [3.05, 3.63) is 0 Å². The number of aliphatic hydroxyl groups is 2. The van der Waals surface area contributed by atoms with Crippen LogP contribution in [0, 0.1) is 0 Å². The Morgan fingerprint density at radius 3 is 2.47 bits per heavy atom. The van der Waals surface area contributed by atoms with E-state index < -0.39 is 30.6 Å². The summed E-state index contributed by atoms with van der Waals surface area (Å²) < 4.78 is 10.1. The molecule has 0 bridgehead atoms. The topological polar surface area (TPSA) is 88.0 Å². The maximum absolute atomic E-state index is 10.9. The molecule has 6 heteroatoms. The van der Waals surface area contributed by atoms with E-state index in [2.05, 4.69) is 5.32 Å². The lowest BCUT2D eigenvalue weighted by Gasteiger charge is -2.41. The van der Waals surface area contributed by atoms with Gasteiger partial charge in [0.25, 0.3) is 0 Å². The molecule has 1 amide bonds. The molecule has 0 unspecified atom stereocenters. The normalized spacial score (nSPS) is 41.3. The van der Waals surface area contributed by atoms with Crippen molar-refractivity contribution in [2.24, 2.45) is 0 Å². The third kappa shape index (κ3) is 2.66. The fraction of sp³-hybridized carbons (Fsp3) is 0.889. The van der Waals surface area contributed by atoms with Crippen LogP contribution in [0.2, 0.25) is 0 Å². The highest BCUT2D eigenvalue weighted by Gasteiger charge is 2.43. The van der Waals surface area contributed by atoms with Crippen LogP contribution in [0.1, 0.15) is 13.8 Å². The molecule has 88 valence electrons. The molecule has 0 spiro atoms. The summed E-state index contributed by atoms with van der Waals surface area (Å²) in [4.78, 5) is 10.9. The molecule has 3 N–H and O–H groups in total. The zero-order chi connectivity index (χ0) is 11.6. The molecule has 1 aliphatic heterocycles. The van der Waals surface area contributed by atoms with Crippen molar-refractivity contribution in [2.75, 3.05) is 7.11 Å². The molecule has 0 aromatic carbocycles. The Balaban J connectivity index is 2.74. The first-order valence-corrected chi connectivity index (χ1v) is 4.79. The lowest BCUT2D eigenvalue weighted by Crippen LogP contribution is -2.63. The summed E-state index contributed by atoms with van der Waals surface area (Å²) in [6.07, 6.45) is -3.36. The minimum atomic E-state index is -1.08. The van der Waals surface area contributed by atoms with Crippen LogP contribution in [0.5, 0.6) is 0 Å². The zero-order valence-corrected chi connectivity index (χ0v) is 9.01. The Bertz CT molecular complexity index is 235. The quantitative estimate of drug-likeness (QED) is 0.532. The van der Waals surface area contributed by atoms with Gasteiger partial charge in [0, 0.05) is 14.0 Å². The SMILES string of the molecule is CO[C@H]1O[C@H](C)[C@@H](O)[C@@H](NC(C)=O)[C@H]1O. The second-order valence-electron chi connectivity index (χ2n) is 3.65. The predicted octanol–water partition coefficient (Wildman–Crippen LogP) is -1.40. The maximum atomic E-state index is 10.9. The fourth-order valence-corrected chi connectivity index (χ4v) is 1.64. The van der Waals surface area contributed by atoms with Gasteiger partial charge in [-0.3, -0.25) is 4.79 Å². The van der Waals surface area contributed by atoms with Gasteiger partial charge in [-0.2, -0.15) is 0 Å². The standard InChI is InChI=1S/C9H17NO5/c1-4-7(12)6(10-5(2)11)8(13)9(14-3)15-4/h4,6-9,12-13H,1-3H3,(H,10,11)/t4-,6-,7-,8-,9+/m1/s1. The van der Waals surface area contributed by atoms with E-state index in [1.54, 1.807) is 6.92 Å². The molecular weight excluding hydrogens is 202 g/mol. The molecule has 1 heterocycles. The first kappa shape index (κ1) is 12.4. The summed E-state index contributed by atoms with van der Waals surface area (Å²) in [6, 6.07) is -0.767. The molecule has 15 heavy (non-hydrogen) atoms. The van der Waals surface area contributed by atoms with Crippen molar-refractivity contribution in [3.63, 3.8) is 0 Å². The number of amides is 1. The zero-order valence-electron chi connectivity index (χ0n) is 9.01. The van der Waals surface area contributed by atoms with Gasteiger partial charge >= 0.3 is 0 Å². The van der Waals surface area contributed by atoms with E-state index in [1.807, 2.05) is 0 Å². The minimum absolute atomic E-state index is 0.318. The fourth-order valence-electron chi connectivity index (χ4n) is 1.64. The van der Waals surface area contributed by atoms with E-state index in [4.69, 9.17) is 9.47 Å². The molecule has 0 aromatic rings. The van der Waals surface area contributed by atoms with E-state index in [0.29, 0.717) is 0 Å². The summed E-state index contributed by atoms with van der Waals surface area (Å²) in [5.74, 6) is -0.318. The van der Waals surface area contributed by atoms with Gasteiger partial charge in [-0.25, -0.2) is 0 Å². The Hall–Kier alpha value is -0.690. The number of methoxy groups -OCH3 is 1. The average molecular weight is 219 g/mol. The van der Waals surface area contributed by atoms with Gasteiger partial charge in [-0.15, -0.1) is 0 Å². The molecule has 0 aliphatic carbocycles.